The van der Waals surface area contributed by atoms with E-state index in [0.717, 1.165) is 11.1 Å². The molecule has 0 unspecified atom stereocenters. The lowest BCUT2D eigenvalue weighted by atomic mass is 9.99. The molecule has 2 amide bonds. The minimum absolute atomic E-state index is 0.144. The monoisotopic (exact) mass is 395 g/mol. The number of aromatic amines is 1. The first-order valence-electron chi connectivity index (χ1n) is 7.90. The van der Waals surface area contributed by atoms with Gasteiger partial charge in [-0.3, -0.25) is 14.4 Å². The molecule has 0 spiro atoms. The summed E-state index contributed by atoms with van der Waals surface area (Å²) in [4.78, 5) is 39.2. The van der Waals surface area contributed by atoms with Gasteiger partial charge in [0, 0.05) is 10.8 Å². The summed E-state index contributed by atoms with van der Waals surface area (Å²) >= 11 is 3.00. The predicted octanol–water partition coefficient (Wildman–Crippen LogP) is 3.67. The zero-order valence-corrected chi connectivity index (χ0v) is 15.4. The molecule has 0 bridgehead atoms. The Morgan fingerprint density at radius 3 is 2.41 bits per heavy atom. The van der Waals surface area contributed by atoms with Gasteiger partial charge in [0.15, 0.2) is 0 Å². The van der Waals surface area contributed by atoms with E-state index in [4.69, 9.17) is 5.73 Å². The van der Waals surface area contributed by atoms with Crippen LogP contribution in [0.2, 0.25) is 0 Å². The number of fused-ring (bicyclic) bond motifs is 1. The highest BCUT2D eigenvalue weighted by molar-refractivity contribution is 7.08. The second kappa shape index (κ2) is 6.82. The maximum atomic E-state index is 12.9. The predicted molar refractivity (Wildman–Crippen MR) is 109 cm³/mol. The van der Waals surface area contributed by atoms with E-state index in [2.05, 4.69) is 10.3 Å². The fraction of sp³-hybridized carbons (Fsp3) is 0. The molecule has 0 saturated heterocycles. The number of carbonyl (C=O) groups excluding carboxylic acids is 2. The number of amides is 2. The normalized spacial score (nSPS) is 10.8. The average Bonchev–Trinajstić information content (AvgIpc) is 3.34. The number of thiophene rings is 2. The van der Waals surface area contributed by atoms with E-state index in [0.29, 0.717) is 22.2 Å². The highest BCUT2D eigenvalue weighted by Crippen LogP contribution is 2.29. The third kappa shape index (κ3) is 3.27. The number of pyridine rings is 1. The summed E-state index contributed by atoms with van der Waals surface area (Å²) in [5.74, 6) is -1.17. The number of hydrogen-bond donors (Lipinski definition) is 3. The molecule has 8 heteroatoms. The van der Waals surface area contributed by atoms with Gasteiger partial charge in [-0.2, -0.15) is 22.7 Å². The number of nitrogens with one attached hydrogen (secondary N) is 2. The zero-order valence-electron chi connectivity index (χ0n) is 13.8. The van der Waals surface area contributed by atoms with Crippen molar-refractivity contribution >= 4 is 51.1 Å². The van der Waals surface area contributed by atoms with Crippen LogP contribution < -0.4 is 16.6 Å². The number of carbonyl (C=O) groups is 2. The van der Waals surface area contributed by atoms with Crippen LogP contribution in [0.3, 0.4) is 0 Å². The Morgan fingerprint density at radius 1 is 0.963 bits per heavy atom. The number of rotatable bonds is 4. The van der Waals surface area contributed by atoms with Crippen LogP contribution in [0.1, 0.15) is 20.7 Å². The molecule has 4 rings (SSSR count). The maximum absolute atomic E-state index is 12.9. The third-order valence-electron chi connectivity index (χ3n) is 4.10. The number of hydrogen-bond acceptors (Lipinski definition) is 5. The van der Waals surface area contributed by atoms with Crippen molar-refractivity contribution in [1.82, 2.24) is 4.98 Å². The van der Waals surface area contributed by atoms with Gasteiger partial charge in [0.2, 0.25) is 0 Å². The smallest absolute Gasteiger partial charge is 0.261 e. The Bertz CT molecular complexity index is 1210. The zero-order chi connectivity index (χ0) is 19.0. The van der Waals surface area contributed by atoms with E-state index in [-0.39, 0.29) is 11.5 Å². The van der Waals surface area contributed by atoms with E-state index in [1.807, 2.05) is 33.7 Å². The van der Waals surface area contributed by atoms with E-state index in [1.54, 1.807) is 12.1 Å². The lowest BCUT2D eigenvalue weighted by molar-refractivity contribution is 0.0997. The van der Waals surface area contributed by atoms with Gasteiger partial charge in [-0.1, -0.05) is 0 Å². The highest BCUT2D eigenvalue weighted by atomic mass is 32.1. The summed E-state index contributed by atoms with van der Waals surface area (Å²) < 4.78 is 0. The second-order valence-electron chi connectivity index (χ2n) is 5.84. The van der Waals surface area contributed by atoms with Gasteiger partial charge in [-0.05, 0) is 57.6 Å². The maximum Gasteiger partial charge on any atom is 0.261 e. The topological polar surface area (TPSA) is 105 Å². The summed E-state index contributed by atoms with van der Waals surface area (Å²) in [6.07, 6.45) is 0. The first-order valence-corrected chi connectivity index (χ1v) is 9.78. The SMILES string of the molecule is NC(=O)c1cc2cc(-c3ccsc3)cc(C(=O)Nc3ccsc3)c2[nH]c1=O. The molecule has 3 aromatic heterocycles. The molecule has 4 aromatic rings. The van der Waals surface area contributed by atoms with Gasteiger partial charge in [0.1, 0.15) is 5.56 Å². The van der Waals surface area contributed by atoms with Crippen LogP contribution >= 0.6 is 22.7 Å². The molecule has 1 aromatic carbocycles. The number of aromatic nitrogens is 1. The molecule has 0 radical (unpaired) electrons. The molecule has 0 aliphatic carbocycles. The van der Waals surface area contributed by atoms with Gasteiger partial charge < -0.3 is 16.0 Å². The quantitative estimate of drug-likeness (QED) is 0.491. The summed E-state index contributed by atoms with van der Waals surface area (Å²) in [5.41, 5.74) is 7.62. The Labute approximate surface area is 161 Å². The molecule has 6 nitrogen and oxygen atoms in total. The Morgan fingerprint density at radius 2 is 1.74 bits per heavy atom. The lowest BCUT2D eigenvalue weighted by Crippen LogP contribution is -2.24. The van der Waals surface area contributed by atoms with Crippen molar-refractivity contribution < 1.29 is 9.59 Å². The molecule has 0 atom stereocenters. The highest BCUT2D eigenvalue weighted by Gasteiger charge is 2.17. The minimum atomic E-state index is -0.816. The largest absolute Gasteiger partial charge is 0.365 e. The molecule has 4 N–H and O–H groups in total. The minimum Gasteiger partial charge on any atom is -0.365 e. The first kappa shape index (κ1) is 17.2. The summed E-state index contributed by atoms with van der Waals surface area (Å²) in [6, 6.07) is 8.70. The lowest BCUT2D eigenvalue weighted by Gasteiger charge is -2.11. The van der Waals surface area contributed by atoms with Crippen LogP contribution in [0.15, 0.2) is 56.6 Å². The summed E-state index contributed by atoms with van der Waals surface area (Å²) in [6.45, 7) is 0. The van der Waals surface area contributed by atoms with Crippen LogP contribution in [-0.2, 0) is 0 Å². The van der Waals surface area contributed by atoms with Crippen molar-refractivity contribution in [2.45, 2.75) is 0 Å². The van der Waals surface area contributed by atoms with Gasteiger partial charge in [-0.25, -0.2) is 0 Å². The van der Waals surface area contributed by atoms with Gasteiger partial charge in [0.05, 0.1) is 16.8 Å². The number of benzene rings is 1. The fourth-order valence-electron chi connectivity index (χ4n) is 2.81. The van der Waals surface area contributed by atoms with Crippen LogP contribution in [0.25, 0.3) is 22.0 Å². The third-order valence-corrected chi connectivity index (χ3v) is 5.46. The van der Waals surface area contributed by atoms with E-state index >= 15 is 0 Å². The standard InChI is InChI=1S/C19H13N3O3S2/c20-17(23)15-7-12-5-11(10-1-3-26-8-10)6-14(16(12)22-19(15)25)18(24)21-13-2-4-27-9-13/h1-9H,(H2,20,23)(H,21,24)(H,22,25). The van der Waals surface area contributed by atoms with Crippen molar-refractivity contribution in [2.24, 2.45) is 5.73 Å². The molecule has 0 aliphatic heterocycles. The molecular weight excluding hydrogens is 382 g/mol. The van der Waals surface area contributed by atoms with Crippen molar-refractivity contribution in [3.8, 4) is 11.1 Å². The Hall–Kier alpha value is -3.23. The average molecular weight is 395 g/mol. The van der Waals surface area contributed by atoms with Crippen molar-refractivity contribution in [3.05, 3.63) is 73.3 Å². The molecule has 134 valence electrons. The van der Waals surface area contributed by atoms with E-state index < -0.39 is 11.5 Å². The Balaban J connectivity index is 1.94. The second-order valence-corrected chi connectivity index (χ2v) is 7.40. The fourth-order valence-corrected chi connectivity index (χ4v) is 4.06. The van der Waals surface area contributed by atoms with Crippen LogP contribution in [-0.4, -0.2) is 16.8 Å². The molecule has 0 saturated carbocycles. The summed E-state index contributed by atoms with van der Waals surface area (Å²) in [7, 11) is 0. The van der Waals surface area contributed by atoms with Crippen molar-refractivity contribution in [2.75, 3.05) is 5.32 Å². The number of H-pyrrole nitrogens is 1. The van der Waals surface area contributed by atoms with Gasteiger partial charge in [0.25, 0.3) is 17.4 Å². The molecular formula is C19H13N3O3S2. The van der Waals surface area contributed by atoms with Crippen LogP contribution in [0.4, 0.5) is 5.69 Å². The molecule has 27 heavy (non-hydrogen) atoms. The van der Waals surface area contributed by atoms with Crippen molar-refractivity contribution in [3.63, 3.8) is 0 Å². The van der Waals surface area contributed by atoms with E-state index in [9.17, 15) is 14.4 Å². The first-order chi connectivity index (χ1) is 13.0. The van der Waals surface area contributed by atoms with Crippen LogP contribution in [0.5, 0.6) is 0 Å². The van der Waals surface area contributed by atoms with Gasteiger partial charge >= 0.3 is 0 Å². The van der Waals surface area contributed by atoms with Crippen LogP contribution in [0, 0.1) is 0 Å². The number of nitrogens with two attached hydrogens (primary N) is 1. The van der Waals surface area contributed by atoms with E-state index in [1.165, 1.54) is 28.7 Å². The van der Waals surface area contributed by atoms with Gasteiger partial charge in [-0.15, -0.1) is 0 Å². The molecule has 3 heterocycles. The Kier molecular flexibility index (Phi) is 4.35. The number of anilines is 1. The number of primary amides is 1. The molecule has 0 fully saturated rings. The molecule has 0 aliphatic rings. The van der Waals surface area contributed by atoms with Crippen molar-refractivity contribution in [1.29, 1.82) is 0 Å². The summed E-state index contributed by atoms with van der Waals surface area (Å²) in [5, 5.41) is 10.9.